The van der Waals surface area contributed by atoms with Gasteiger partial charge in [-0.3, -0.25) is 15.5 Å². The van der Waals surface area contributed by atoms with Gasteiger partial charge in [-0.05, 0) is 30.7 Å². The van der Waals surface area contributed by atoms with Crippen LogP contribution in [0.25, 0.3) is 0 Å². The van der Waals surface area contributed by atoms with Crippen LogP contribution in [0.2, 0.25) is 0 Å². The molecule has 2 aromatic rings. The quantitative estimate of drug-likeness (QED) is 0.430. The van der Waals surface area contributed by atoms with Crippen LogP contribution in [0.1, 0.15) is 29.3 Å². The molecule has 0 heterocycles. The number of nitro groups is 1. The number of hydrazone groups is 1. The van der Waals surface area contributed by atoms with E-state index >= 15 is 0 Å². The summed E-state index contributed by atoms with van der Waals surface area (Å²) < 4.78 is 5.35. The van der Waals surface area contributed by atoms with Gasteiger partial charge < -0.3 is 9.84 Å². The van der Waals surface area contributed by atoms with E-state index in [1.807, 2.05) is 6.92 Å². The number of aromatic carboxylic acids is 1. The summed E-state index contributed by atoms with van der Waals surface area (Å²) in [6.45, 7) is 2.30. The van der Waals surface area contributed by atoms with Gasteiger partial charge in [0.05, 0.1) is 29.0 Å². The summed E-state index contributed by atoms with van der Waals surface area (Å²) in [5.41, 5.74) is 3.36. The predicted molar refractivity (Wildman–Crippen MR) is 93.5 cm³/mol. The van der Waals surface area contributed by atoms with Crippen molar-refractivity contribution in [2.75, 3.05) is 12.0 Å². The first-order chi connectivity index (χ1) is 12.0. The van der Waals surface area contributed by atoms with Crippen LogP contribution in [0.3, 0.4) is 0 Å². The molecule has 25 heavy (non-hydrogen) atoms. The molecule has 0 spiro atoms. The fraction of sp³-hybridized carbons (Fsp3) is 0.176. The molecule has 8 nitrogen and oxygen atoms in total. The number of ether oxygens (including phenoxy) is 1. The summed E-state index contributed by atoms with van der Waals surface area (Å²) in [6.07, 6.45) is 2.11. The SMILES string of the molecule is CCCOc1ccc(C=NNc2ccccc2C(=O)O)cc1[N+](=O)[O-]. The van der Waals surface area contributed by atoms with Crippen molar-refractivity contribution >= 4 is 23.6 Å². The third-order valence-electron chi connectivity index (χ3n) is 3.20. The van der Waals surface area contributed by atoms with Crippen LogP contribution in [0.4, 0.5) is 11.4 Å². The summed E-state index contributed by atoms with van der Waals surface area (Å²) in [4.78, 5) is 21.8. The topological polar surface area (TPSA) is 114 Å². The van der Waals surface area contributed by atoms with Crippen molar-refractivity contribution in [3.63, 3.8) is 0 Å². The number of nitrogens with zero attached hydrogens (tertiary/aromatic N) is 2. The van der Waals surface area contributed by atoms with E-state index in [0.29, 0.717) is 17.9 Å². The largest absolute Gasteiger partial charge is 0.487 e. The van der Waals surface area contributed by atoms with Crippen molar-refractivity contribution in [3.05, 3.63) is 63.7 Å². The number of carboxylic acid groups (broad SMARTS) is 1. The Bertz CT molecular complexity index is 805. The summed E-state index contributed by atoms with van der Waals surface area (Å²) in [6, 6.07) is 10.8. The Morgan fingerprint density at radius 3 is 2.80 bits per heavy atom. The Labute approximate surface area is 143 Å². The second-order valence-corrected chi connectivity index (χ2v) is 5.05. The zero-order chi connectivity index (χ0) is 18.2. The number of carbonyl (C=O) groups is 1. The van der Waals surface area contributed by atoms with Crippen LogP contribution < -0.4 is 10.2 Å². The van der Waals surface area contributed by atoms with Crippen LogP contribution >= 0.6 is 0 Å². The first kappa shape index (κ1) is 17.9. The molecule has 0 saturated heterocycles. The fourth-order valence-electron chi connectivity index (χ4n) is 2.03. The average molecular weight is 343 g/mol. The van der Waals surface area contributed by atoms with E-state index in [9.17, 15) is 14.9 Å². The molecule has 130 valence electrons. The van der Waals surface area contributed by atoms with Gasteiger partial charge in [0.15, 0.2) is 5.75 Å². The number of nitro benzene ring substituents is 1. The molecule has 2 N–H and O–H groups in total. The van der Waals surface area contributed by atoms with Gasteiger partial charge in [0.1, 0.15) is 0 Å². The molecule has 0 radical (unpaired) electrons. The van der Waals surface area contributed by atoms with Gasteiger partial charge in [-0.2, -0.15) is 5.10 Å². The minimum atomic E-state index is -1.08. The zero-order valence-corrected chi connectivity index (χ0v) is 13.5. The number of benzene rings is 2. The van der Waals surface area contributed by atoms with Gasteiger partial charge in [0, 0.05) is 11.6 Å². The van der Waals surface area contributed by atoms with Gasteiger partial charge in [0.25, 0.3) is 0 Å². The maximum absolute atomic E-state index is 11.2. The Morgan fingerprint density at radius 1 is 1.36 bits per heavy atom. The lowest BCUT2D eigenvalue weighted by atomic mass is 10.2. The predicted octanol–water partition coefficient (Wildman–Crippen LogP) is 3.53. The van der Waals surface area contributed by atoms with Crippen molar-refractivity contribution in [1.29, 1.82) is 0 Å². The van der Waals surface area contributed by atoms with E-state index in [-0.39, 0.29) is 17.0 Å². The Balaban J connectivity index is 2.17. The molecule has 0 aliphatic heterocycles. The summed E-state index contributed by atoms with van der Waals surface area (Å²) in [5.74, 6) is -0.875. The second-order valence-electron chi connectivity index (χ2n) is 5.05. The number of nitrogens with one attached hydrogen (secondary N) is 1. The lowest BCUT2D eigenvalue weighted by molar-refractivity contribution is -0.385. The van der Waals surface area contributed by atoms with Gasteiger partial charge in [-0.25, -0.2) is 4.79 Å². The minimum Gasteiger partial charge on any atom is -0.487 e. The number of carboxylic acids is 1. The molecular weight excluding hydrogens is 326 g/mol. The molecule has 2 rings (SSSR count). The first-order valence-corrected chi connectivity index (χ1v) is 7.55. The third kappa shape index (κ3) is 4.77. The number of rotatable bonds is 8. The van der Waals surface area contributed by atoms with Crippen molar-refractivity contribution in [2.45, 2.75) is 13.3 Å². The lowest BCUT2D eigenvalue weighted by Gasteiger charge is -2.06. The molecule has 0 aliphatic carbocycles. The van der Waals surface area contributed by atoms with Crippen LogP contribution in [-0.2, 0) is 0 Å². The average Bonchev–Trinajstić information content (AvgIpc) is 2.60. The highest BCUT2D eigenvalue weighted by Gasteiger charge is 2.15. The monoisotopic (exact) mass is 343 g/mol. The number of para-hydroxylation sites is 1. The summed E-state index contributed by atoms with van der Waals surface area (Å²) in [7, 11) is 0. The van der Waals surface area contributed by atoms with Crippen LogP contribution in [0.5, 0.6) is 5.75 Å². The Hall–Kier alpha value is -3.42. The smallest absolute Gasteiger partial charge is 0.337 e. The lowest BCUT2D eigenvalue weighted by Crippen LogP contribution is -2.02. The second kappa shape index (κ2) is 8.44. The highest BCUT2D eigenvalue weighted by atomic mass is 16.6. The Kier molecular flexibility index (Phi) is 6.05. The van der Waals surface area contributed by atoms with Crippen LogP contribution in [-0.4, -0.2) is 28.8 Å². The zero-order valence-electron chi connectivity index (χ0n) is 13.5. The van der Waals surface area contributed by atoms with Crippen molar-refractivity contribution in [3.8, 4) is 5.75 Å². The molecule has 0 saturated carbocycles. The molecular formula is C17H17N3O5. The number of hydrogen-bond acceptors (Lipinski definition) is 6. The molecule has 2 aromatic carbocycles. The normalized spacial score (nSPS) is 10.6. The van der Waals surface area contributed by atoms with E-state index in [2.05, 4.69) is 10.5 Å². The summed E-state index contributed by atoms with van der Waals surface area (Å²) in [5, 5.41) is 24.2. The van der Waals surface area contributed by atoms with E-state index in [1.54, 1.807) is 24.3 Å². The minimum absolute atomic E-state index is 0.0777. The van der Waals surface area contributed by atoms with Gasteiger partial charge >= 0.3 is 11.7 Å². The van der Waals surface area contributed by atoms with Crippen molar-refractivity contribution in [2.24, 2.45) is 5.10 Å². The van der Waals surface area contributed by atoms with Crippen LogP contribution in [0, 0.1) is 10.1 Å². The highest BCUT2D eigenvalue weighted by Crippen LogP contribution is 2.27. The molecule has 0 unspecified atom stereocenters. The van der Waals surface area contributed by atoms with Crippen molar-refractivity contribution in [1.82, 2.24) is 0 Å². The van der Waals surface area contributed by atoms with E-state index in [0.717, 1.165) is 6.42 Å². The fourth-order valence-corrected chi connectivity index (χ4v) is 2.03. The Morgan fingerprint density at radius 2 is 2.12 bits per heavy atom. The molecule has 0 aromatic heterocycles. The molecule has 0 bridgehead atoms. The first-order valence-electron chi connectivity index (χ1n) is 7.55. The van der Waals surface area contributed by atoms with Crippen LogP contribution in [0.15, 0.2) is 47.6 Å². The van der Waals surface area contributed by atoms with E-state index in [1.165, 1.54) is 24.4 Å². The molecule has 0 amide bonds. The standard InChI is InChI=1S/C17H17N3O5/c1-2-9-25-16-8-7-12(10-15(16)20(23)24)11-18-19-14-6-4-3-5-13(14)17(21)22/h3-8,10-11,19H,2,9H2,1H3,(H,21,22). The van der Waals surface area contributed by atoms with Gasteiger partial charge in [-0.15, -0.1) is 0 Å². The van der Waals surface area contributed by atoms with E-state index < -0.39 is 10.9 Å². The number of anilines is 1. The molecule has 0 aliphatic rings. The third-order valence-corrected chi connectivity index (χ3v) is 3.20. The highest BCUT2D eigenvalue weighted by molar-refractivity contribution is 5.94. The van der Waals surface area contributed by atoms with Gasteiger partial charge in [-0.1, -0.05) is 19.1 Å². The molecule has 0 fully saturated rings. The molecule has 8 heteroatoms. The van der Waals surface area contributed by atoms with Crippen molar-refractivity contribution < 1.29 is 19.6 Å². The number of hydrogen-bond donors (Lipinski definition) is 2. The molecule has 0 atom stereocenters. The van der Waals surface area contributed by atoms with E-state index in [4.69, 9.17) is 9.84 Å². The maximum atomic E-state index is 11.2. The summed E-state index contributed by atoms with van der Waals surface area (Å²) >= 11 is 0. The van der Waals surface area contributed by atoms with Gasteiger partial charge in [0.2, 0.25) is 0 Å². The maximum Gasteiger partial charge on any atom is 0.337 e.